The minimum atomic E-state index is 0.572. The van der Waals surface area contributed by atoms with Crippen molar-refractivity contribution in [1.82, 2.24) is 4.57 Å². The molecule has 2 nitrogen and oxygen atoms in total. The number of hydrogen-bond acceptors (Lipinski definition) is 0. The Labute approximate surface area is 202 Å². The highest BCUT2D eigenvalue weighted by Gasteiger charge is 2.18. The van der Waals surface area contributed by atoms with E-state index in [1.165, 1.54) is 141 Å². The lowest BCUT2D eigenvalue weighted by Gasteiger charge is -2.08. The van der Waals surface area contributed by atoms with Gasteiger partial charge in [-0.25, -0.2) is 9.13 Å². The number of aryl methyl sites for hydroxylation is 1. The molecule has 0 fully saturated rings. The molecule has 0 amide bonds. The van der Waals surface area contributed by atoms with Crippen LogP contribution in [-0.2, 0) is 13.0 Å². The first-order valence-corrected chi connectivity index (χ1v) is 14.8. The Hall–Kier alpha value is -0.790. The van der Waals surface area contributed by atoms with Crippen molar-refractivity contribution in [3.8, 4) is 0 Å². The molecule has 1 aromatic heterocycles. The van der Waals surface area contributed by atoms with Crippen LogP contribution in [-0.4, -0.2) is 4.57 Å². The van der Waals surface area contributed by atoms with Gasteiger partial charge in [0.15, 0.2) is 0 Å². The maximum atomic E-state index is 2.56. The normalized spacial score (nSPS) is 11.7. The molecule has 2 heteroatoms. The molecule has 1 aromatic rings. The molecule has 0 aliphatic heterocycles. The van der Waals surface area contributed by atoms with Crippen LogP contribution in [0.5, 0.6) is 0 Å². The van der Waals surface area contributed by atoms with Crippen LogP contribution in [0.4, 0.5) is 0 Å². The molecule has 0 saturated carbocycles. The van der Waals surface area contributed by atoms with E-state index in [-0.39, 0.29) is 0 Å². The van der Waals surface area contributed by atoms with E-state index >= 15 is 0 Å². The third kappa shape index (κ3) is 14.4. The third-order valence-electron chi connectivity index (χ3n) is 7.10. The highest BCUT2D eigenvalue weighted by atomic mass is 15.2. The minimum Gasteiger partial charge on any atom is -0.234 e. The third-order valence-corrected chi connectivity index (χ3v) is 7.10. The standard InChI is InChI=1S/C30H59N2/c1-5-7-9-11-13-14-15-16-17-18-19-21-23-25-30-31(27-28-32(30)29(3)4)26-24-22-20-12-10-8-6-2/h27-29H,5-26H2,1-4H3/q+1. The summed E-state index contributed by atoms with van der Waals surface area (Å²) in [7, 11) is 0. The first-order chi connectivity index (χ1) is 15.7. The van der Waals surface area contributed by atoms with Gasteiger partial charge in [-0.3, -0.25) is 0 Å². The van der Waals surface area contributed by atoms with Gasteiger partial charge in [0, 0.05) is 6.42 Å². The van der Waals surface area contributed by atoms with Crippen LogP contribution >= 0.6 is 0 Å². The minimum absolute atomic E-state index is 0.572. The Morgan fingerprint density at radius 1 is 0.594 bits per heavy atom. The van der Waals surface area contributed by atoms with E-state index in [1.807, 2.05) is 0 Å². The molecule has 0 aromatic carbocycles. The average Bonchev–Trinajstić information content (AvgIpc) is 3.19. The second kappa shape index (κ2) is 20.8. The van der Waals surface area contributed by atoms with Crippen molar-refractivity contribution in [1.29, 1.82) is 0 Å². The van der Waals surface area contributed by atoms with E-state index in [9.17, 15) is 0 Å². The van der Waals surface area contributed by atoms with Crippen LogP contribution in [0.1, 0.15) is 168 Å². The number of hydrogen-bond donors (Lipinski definition) is 0. The number of imidazole rings is 1. The Morgan fingerprint density at radius 3 is 1.44 bits per heavy atom. The van der Waals surface area contributed by atoms with Gasteiger partial charge in [0.05, 0.1) is 12.6 Å². The number of rotatable bonds is 23. The van der Waals surface area contributed by atoms with Gasteiger partial charge in [-0.2, -0.15) is 0 Å². The molecule has 0 atom stereocenters. The fraction of sp³-hybridized carbons (Fsp3) is 0.900. The second-order valence-corrected chi connectivity index (χ2v) is 10.5. The van der Waals surface area contributed by atoms with Gasteiger partial charge < -0.3 is 0 Å². The zero-order valence-corrected chi connectivity index (χ0v) is 22.7. The van der Waals surface area contributed by atoms with Crippen molar-refractivity contribution in [3.63, 3.8) is 0 Å². The molecule has 0 spiro atoms. The second-order valence-electron chi connectivity index (χ2n) is 10.5. The zero-order valence-electron chi connectivity index (χ0n) is 22.7. The molecule has 188 valence electrons. The Kier molecular flexibility index (Phi) is 19.0. The summed E-state index contributed by atoms with van der Waals surface area (Å²) in [4.78, 5) is 0. The van der Waals surface area contributed by atoms with Gasteiger partial charge in [-0.15, -0.1) is 0 Å². The van der Waals surface area contributed by atoms with Gasteiger partial charge >= 0.3 is 0 Å². The smallest absolute Gasteiger partial charge is 0.234 e. The summed E-state index contributed by atoms with van der Waals surface area (Å²) in [5, 5.41) is 0. The fourth-order valence-corrected chi connectivity index (χ4v) is 4.96. The SMILES string of the molecule is CCCCCCCCCCCCCCCc1n(C(C)C)cc[n+]1CCCCCCCCC. The molecular weight excluding hydrogens is 388 g/mol. The topological polar surface area (TPSA) is 8.81 Å². The summed E-state index contributed by atoms with van der Waals surface area (Å²) in [6, 6.07) is 0.572. The first kappa shape index (κ1) is 29.2. The van der Waals surface area contributed by atoms with Gasteiger partial charge in [0.1, 0.15) is 12.4 Å². The van der Waals surface area contributed by atoms with Crippen molar-refractivity contribution in [3.05, 3.63) is 18.2 Å². The van der Waals surface area contributed by atoms with E-state index in [0.717, 1.165) is 0 Å². The summed E-state index contributed by atoms with van der Waals surface area (Å²) in [6.45, 7) is 10.5. The number of unbranched alkanes of at least 4 members (excludes halogenated alkanes) is 18. The van der Waals surface area contributed by atoms with E-state index in [1.54, 1.807) is 5.82 Å². The Balaban J connectivity index is 2.14. The maximum Gasteiger partial charge on any atom is 0.256 e. The van der Waals surface area contributed by atoms with Crippen molar-refractivity contribution in [2.75, 3.05) is 0 Å². The maximum absolute atomic E-state index is 2.56. The highest BCUT2D eigenvalue weighted by Crippen LogP contribution is 2.15. The van der Waals surface area contributed by atoms with E-state index in [0.29, 0.717) is 6.04 Å². The van der Waals surface area contributed by atoms with Crippen LogP contribution in [0.25, 0.3) is 0 Å². The average molecular weight is 448 g/mol. The monoisotopic (exact) mass is 447 g/mol. The Morgan fingerprint density at radius 2 is 1.00 bits per heavy atom. The summed E-state index contributed by atoms with van der Waals surface area (Å²) in [5.41, 5.74) is 0. The van der Waals surface area contributed by atoms with Crippen LogP contribution in [0.2, 0.25) is 0 Å². The van der Waals surface area contributed by atoms with Crippen molar-refractivity contribution >= 4 is 0 Å². The van der Waals surface area contributed by atoms with Crippen LogP contribution in [0.3, 0.4) is 0 Å². The van der Waals surface area contributed by atoms with Crippen molar-refractivity contribution in [2.45, 2.75) is 175 Å². The zero-order chi connectivity index (χ0) is 23.3. The Bertz CT molecular complexity index is 517. The van der Waals surface area contributed by atoms with E-state index < -0.39 is 0 Å². The lowest BCUT2D eigenvalue weighted by molar-refractivity contribution is -0.704. The first-order valence-electron chi connectivity index (χ1n) is 14.8. The fourth-order valence-electron chi connectivity index (χ4n) is 4.96. The van der Waals surface area contributed by atoms with Crippen LogP contribution in [0, 0.1) is 0 Å². The lowest BCUT2D eigenvalue weighted by atomic mass is 10.0. The summed E-state index contributed by atoms with van der Waals surface area (Å²) >= 11 is 0. The molecule has 0 radical (unpaired) electrons. The van der Waals surface area contributed by atoms with Crippen LogP contribution < -0.4 is 4.57 Å². The summed E-state index contributed by atoms with van der Waals surface area (Å²) < 4.78 is 5.08. The molecule has 0 saturated heterocycles. The molecule has 0 unspecified atom stereocenters. The predicted molar refractivity (Wildman–Crippen MR) is 142 cm³/mol. The van der Waals surface area contributed by atoms with Gasteiger partial charge in [-0.05, 0) is 33.1 Å². The van der Waals surface area contributed by atoms with Crippen LogP contribution in [0.15, 0.2) is 12.4 Å². The summed E-state index contributed by atoms with van der Waals surface area (Å²) in [5.74, 6) is 1.56. The van der Waals surface area contributed by atoms with Crippen molar-refractivity contribution in [2.24, 2.45) is 0 Å². The molecule has 1 heterocycles. The number of aromatic nitrogens is 2. The van der Waals surface area contributed by atoms with Gasteiger partial charge in [0.2, 0.25) is 0 Å². The lowest BCUT2D eigenvalue weighted by Crippen LogP contribution is -2.37. The molecular formula is C30H59N2+. The van der Waals surface area contributed by atoms with E-state index in [2.05, 4.69) is 49.2 Å². The van der Waals surface area contributed by atoms with Gasteiger partial charge in [0.25, 0.3) is 5.82 Å². The molecule has 32 heavy (non-hydrogen) atoms. The summed E-state index contributed by atoms with van der Waals surface area (Å²) in [6.07, 6.45) is 34.3. The van der Waals surface area contributed by atoms with Crippen molar-refractivity contribution < 1.29 is 4.57 Å². The highest BCUT2D eigenvalue weighted by molar-refractivity contribution is 4.86. The predicted octanol–water partition coefficient (Wildman–Crippen LogP) is 9.74. The quantitative estimate of drug-likeness (QED) is 0.117. The molecule has 0 N–H and O–H groups in total. The van der Waals surface area contributed by atoms with Gasteiger partial charge in [-0.1, -0.05) is 123 Å². The molecule has 0 aliphatic rings. The molecule has 0 bridgehead atoms. The largest absolute Gasteiger partial charge is 0.256 e. The molecule has 1 rings (SSSR count). The van der Waals surface area contributed by atoms with E-state index in [4.69, 9.17) is 0 Å². The number of nitrogens with zero attached hydrogens (tertiary/aromatic N) is 2. The molecule has 0 aliphatic carbocycles.